The van der Waals surface area contributed by atoms with Crippen LogP contribution in [0.5, 0.6) is 0 Å². The number of hydrogen-bond donors (Lipinski definition) is 1. The van der Waals surface area contributed by atoms with E-state index < -0.39 is 0 Å². The first-order chi connectivity index (χ1) is 8.52. The lowest BCUT2D eigenvalue weighted by atomic mass is 9.93. The van der Waals surface area contributed by atoms with E-state index in [1.807, 2.05) is 0 Å². The minimum Gasteiger partial charge on any atom is -0.376 e. The van der Waals surface area contributed by atoms with E-state index in [4.69, 9.17) is 4.74 Å². The molecule has 18 heavy (non-hydrogen) atoms. The van der Waals surface area contributed by atoms with Gasteiger partial charge < -0.3 is 10.1 Å². The third-order valence-corrected chi connectivity index (χ3v) is 4.98. The van der Waals surface area contributed by atoms with E-state index in [0.717, 1.165) is 43.4 Å². The summed E-state index contributed by atoms with van der Waals surface area (Å²) in [5.74, 6) is 2.93. The van der Waals surface area contributed by atoms with Crippen molar-refractivity contribution in [2.45, 2.75) is 71.4 Å². The molecule has 0 aromatic heterocycles. The van der Waals surface area contributed by atoms with Gasteiger partial charge in [-0.05, 0) is 63.8 Å². The van der Waals surface area contributed by atoms with Gasteiger partial charge in [-0.2, -0.15) is 0 Å². The molecule has 0 spiro atoms. The molecule has 106 valence electrons. The van der Waals surface area contributed by atoms with Crippen molar-refractivity contribution in [2.75, 3.05) is 13.2 Å². The van der Waals surface area contributed by atoms with Crippen molar-refractivity contribution in [3.05, 3.63) is 0 Å². The topological polar surface area (TPSA) is 21.3 Å². The summed E-state index contributed by atoms with van der Waals surface area (Å²) in [4.78, 5) is 0. The van der Waals surface area contributed by atoms with Crippen molar-refractivity contribution in [3.63, 3.8) is 0 Å². The second-order valence-electron chi connectivity index (χ2n) is 7.12. The molecular formula is C16H31NO. The number of hydrogen-bond acceptors (Lipinski definition) is 2. The van der Waals surface area contributed by atoms with Crippen LogP contribution in [-0.4, -0.2) is 24.8 Å². The summed E-state index contributed by atoms with van der Waals surface area (Å²) in [5.41, 5.74) is 0.0349. The zero-order valence-electron chi connectivity index (χ0n) is 12.7. The summed E-state index contributed by atoms with van der Waals surface area (Å²) in [6.07, 6.45) is 6.50. The first-order valence-corrected chi connectivity index (χ1v) is 7.89. The standard InChI is InChI=1S/C16H31NO/c1-5-12(2)6-9-18-16(3,4)7-8-17-15-11-13-10-14(13)15/h12-15,17H,5-11H2,1-4H3. The van der Waals surface area contributed by atoms with E-state index in [1.165, 1.54) is 25.7 Å². The summed E-state index contributed by atoms with van der Waals surface area (Å²) in [6.45, 7) is 11.0. The highest BCUT2D eigenvalue weighted by atomic mass is 16.5. The van der Waals surface area contributed by atoms with Crippen molar-refractivity contribution in [3.8, 4) is 0 Å². The van der Waals surface area contributed by atoms with Gasteiger partial charge in [0.2, 0.25) is 0 Å². The molecule has 0 bridgehead atoms. The molecule has 0 radical (unpaired) electrons. The monoisotopic (exact) mass is 253 g/mol. The Hall–Kier alpha value is -0.0800. The molecule has 2 nitrogen and oxygen atoms in total. The van der Waals surface area contributed by atoms with Crippen molar-refractivity contribution in [1.82, 2.24) is 5.32 Å². The maximum absolute atomic E-state index is 6.03. The minimum absolute atomic E-state index is 0.0349. The molecule has 2 aliphatic rings. The van der Waals surface area contributed by atoms with Gasteiger partial charge in [-0.3, -0.25) is 0 Å². The van der Waals surface area contributed by atoms with Gasteiger partial charge in [0.15, 0.2) is 0 Å². The van der Waals surface area contributed by atoms with E-state index >= 15 is 0 Å². The van der Waals surface area contributed by atoms with Crippen LogP contribution in [0.2, 0.25) is 0 Å². The minimum atomic E-state index is 0.0349. The lowest BCUT2D eigenvalue weighted by Crippen LogP contribution is -2.41. The number of nitrogens with one attached hydrogen (secondary N) is 1. The van der Waals surface area contributed by atoms with Gasteiger partial charge in [-0.25, -0.2) is 0 Å². The Morgan fingerprint density at radius 3 is 2.67 bits per heavy atom. The molecule has 0 aliphatic heterocycles. The highest BCUT2D eigenvalue weighted by Crippen LogP contribution is 2.55. The van der Waals surface area contributed by atoms with Crippen LogP contribution >= 0.6 is 0 Å². The molecule has 4 atom stereocenters. The van der Waals surface area contributed by atoms with Crippen LogP contribution in [0.1, 0.15) is 59.8 Å². The molecule has 0 saturated heterocycles. The van der Waals surface area contributed by atoms with Gasteiger partial charge in [0, 0.05) is 12.6 Å². The molecule has 1 N–H and O–H groups in total. The molecule has 2 aliphatic carbocycles. The molecule has 0 amide bonds. The Morgan fingerprint density at radius 1 is 1.33 bits per heavy atom. The molecule has 2 rings (SSSR count). The lowest BCUT2D eigenvalue weighted by Gasteiger charge is -2.30. The van der Waals surface area contributed by atoms with Crippen LogP contribution in [-0.2, 0) is 4.74 Å². The Bertz CT molecular complexity index is 264. The Morgan fingerprint density at radius 2 is 2.11 bits per heavy atom. The SMILES string of the molecule is CCC(C)CCOC(C)(C)CCNC1CC2CC21. The summed E-state index contributed by atoms with van der Waals surface area (Å²) in [6, 6.07) is 0.839. The molecule has 2 heteroatoms. The smallest absolute Gasteiger partial charge is 0.0638 e. The normalized spacial score (nSPS) is 31.7. The van der Waals surface area contributed by atoms with E-state index in [9.17, 15) is 0 Å². The van der Waals surface area contributed by atoms with Gasteiger partial charge >= 0.3 is 0 Å². The van der Waals surface area contributed by atoms with Crippen LogP contribution in [0.3, 0.4) is 0 Å². The van der Waals surface area contributed by atoms with E-state index in [2.05, 4.69) is 33.0 Å². The fourth-order valence-corrected chi connectivity index (χ4v) is 2.95. The fourth-order valence-electron chi connectivity index (χ4n) is 2.95. The quantitative estimate of drug-likeness (QED) is 0.678. The summed E-state index contributed by atoms with van der Waals surface area (Å²) >= 11 is 0. The first kappa shape index (κ1) is 14.3. The molecule has 0 aromatic carbocycles. The van der Waals surface area contributed by atoms with Gasteiger partial charge in [0.1, 0.15) is 0 Å². The Kier molecular flexibility index (Phi) is 4.71. The Balaban J connectivity index is 1.52. The summed E-state index contributed by atoms with van der Waals surface area (Å²) < 4.78 is 6.03. The highest BCUT2D eigenvalue weighted by molar-refractivity contribution is 5.06. The van der Waals surface area contributed by atoms with Crippen molar-refractivity contribution in [2.24, 2.45) is 17.8 Å². The Labute approximate surface area is 113 Å². The van der Waals surface area contributed by atoms with Crippen LogP contribution in [0.25, 0.3) is 0 Å². The lowest BCUT2D eigenvalue weighted by molar-refractivity contribution is -0.0287. The maximum atomic E-state index is 6.03. The first-order valence-electron chi connectivity index (χ1n) is 7.89. The largest absolute Gasteiger partial charge is 0.376 e. The van der Waals surface area contributed by atoms with E-state index in [0.29, 0.717) is 0 Å². The van der Waals surface area contributed by atoms with Crippen molar-refractivity contribution < 1.29 is 4.74 Å². The highest BCUT2D eigenvalue weighted by Gasteiger charge is 2.52. The average Bonchev–Trinajstić information content (AvgIpc) is 2.95. The molecule has 2 fully saturated rings. The maximum Gasteiger partial charge on any atom is 0.0638 e. The van der Waals surface area contributed by atoms with Gasteiger partial charge in [-0.1, -0.05) is 20.3 Å². The van der Waals surface area contributed by atoms with E-state index in [-0.39, 0.29) is 5.60 Å². The second kappa shape index (κ2) is 5.92. The zero-order chi connectivity index (χ0) is 13.2. The van der Waals surface area contributed by atoms with Gasteiger partial charge in [0.25, 0.3) is 0 Å². The number of rotatable bonds is 9. The summed E-state index contributed by atoms with van der Waals surface area (Å²) in [5, 5.41) is 3.70. The van der Waals surface area contributed by atoms with Crippen LogP contribution < -0.4 is 5.32 Å². The third kappa shape index (κ3) is 3.96. The summed E-state index contributed by atoms with van der Waals surface area (Å²) in [7, 11) is 0. The fraction of sp³-hybridized carbons (Fsp3) is 1.00. The second-order valence-corrected chi connectivity index (χ2v) is 7.12. The van der Waals surface area contributed by atoms with Crippen LogP contribution in [0.15, 0.2) is 0 Å². The van der Waals surface area contributed by atoms with Crippen molar-refractivity contribution >= 4 is 0 Å². The zero-order valence-corrected chi connectivity index (χ0v) is 12.7. The number of fused-ring (bicyclic) bond motifs is 1. The van der Waals surface area contributed by atoms with Gasteiger partial charge in [-0.15, -0.1) is 0 Å². The van der Waals surface area contributed by atoms with Crippen LogP contribution in [0.4, 0.5) is 0 Å². The van der Waals surface area contributed by atoms with Gasteiger partial charge in [0.05, 0.1) is 5.60 Å². The molecular weight excluding hydrogens is 222 g/mol. The van der Waals surface area contributed by atoms with Crippen LogP contribution in [0, 0.1) is 17.8 Å². The molecule has 4 unspecified atom stereocenters. The number of ether oxygens (including phenoxy) is 1. The average molecular weight is 253 g/mol. The molecule has 0 heterocycles. The predicted octanol–water partition coefficient (Wildman–Crippen LogP) is 3.61. The molecule has 0 aromatic rings. The predicted molar refractivity (Wildman–Crippen MR) is 76.7 cm³/mol. The third-order valence-electron chi connectivity index (χ3n) is 4.98. The molecule has 2 saturated carbocycles. The van der Waals surface area contributed by atoms with Crippen molar-refractivity contribution in [1.29, 1.82) is 0 Å². The van der Waals surface area contributed by atoms with E-state index in [1.54, 1.807) is 0 Å².